The fraction of sp³-hybridized carbons (Fsp3) is 0.179. The zero-order valence-corrected chi connectivity index (χ0v) is 20.2. The van der Waals surface area contributed by atoms with Crippen LogP contribution in [0, 0.1) is 12.7 Å². The van der Waals surface area contributed by atoms with Gasteiger partial charge in [-0.2, -0.15) is 0 Å². The number of nitrogens with zero attached hydrogens (tertiary/aromatic N) is 4. The molecule has 0 N–H and O–H groups in total. The Balaban J connectivity index is 1.46. The average Bonchev–Trinajstić information content (AvgIpc) is 3.39. The van der Waals surface area contributed by atoms with Crippen molar-refractivity contribution >= 4 is 23.1 Å². The van der Waals surface area contributed by atoms with Gasteiger partial charge >= 0.3 is 0 Å². The molecule has 0 radical (unpaired) electrons. The quantitative estimate of drug-likeness (QED) is 0.277. The van der Waals surface area contributed by atoms with Crippen molar-refractivity contribution in [2.75, 3.05) is 0 Å². The molecule has 0 saturated carbocycles. The molecule has 2 aromatic heterocycles. The summed E-state index contributed by atoms with van der Waals surface area (Å²) in [5.74, 6) is -0.443. The van der Waals surface area contributed by atoms with Crippen LogP contribution in [0.5, 0.6) is 0 Å². The van der Waals surface area contributed by atoms with Crippen LogP contribution in [0.2, 0.25) is 5.15 Å². The Hall–Kier alpha value is -3.97. The highest BCUT2D eigenvalue weighted by atomic mass is 35.5. The Morgan fingerprint density at radius 1 is 1.06 bits per heavy atom. The first-order chi connectivity index (χ1) is 17.5. The molecule has 180 valence electrons. The van der Waals surface area contributed by atoms with Gasteiger partial charge in [-0.05, 0) is 60.9 Å². The van der Waals surface area contributed by atoms with E-state index < -0.39 is 0 Å². The van der Waals surface area contributed by atoms with Gasteiger partial charge in [-0.3, -0.25) is 14.8 Å². The Bertz CT molecular complexity index is 1440. The van der Waals surface area contributed by atoms with Crippen LogP contribution in [0.15, 0.2) is 78.3 Å². The zero-order valence-electron chi connectivity index (χ0n) is 19.5. The molecule has 0 aliphatic carbocycles. The summed E-state index contributed by atoms with van der Waals surface area (Å²) < 4.78 is 14.9. The number of oxime groups is 1. The van der Waals surface area contributed by atoms with Gasteiger partial charge in [0.1, 0.15) is 11.0 Å². The third kappa shape index (κ3) is 5.31. The number of ketones is 1. The van der Waals surface area contributed by atoms with Gasteiger partial charge in [-0.1, -0.05) is 35.0 Å². The number of pyridine rings is 1. The third-order valence-electron chi connectivity index (χ3n) is 5.99. The van der Waals surface area contributed by atoms with E-state index in [1.54, 1.807) is 30.6 Å². The van der Waals surface area contributed by atoms with E-state index in [9.17, 15) is 9.18 Å². The Labute approximate surface area is 212 Å². The van der Waals surface area contributed by atoms with E-state index in [1.807, 2.05) is 37.3 Å². The molecular formula is C28H22ClFN4O2. The van der Waals surface area contributed by atoms with Crippen molar-refractivity contribution in [3.63, 3.8) is 0 Å². The van der Waals surface area contributed by atoms with Crippen LogP contribution in [0.4, 0.5) is 4.39 Å². The lowest BCUT2D eigenvalue weighted by molar-refractivity contribution is 0.0826. The minimum absolute atomic E-state index is 0.0943. The molecule has 36 heavy (non-hydrogen) atoms. The molecule has 0 amide bonds. The predicted octanol–water partition coefficient (Wildman–Crippen LogP) is 6.32. The molecule has 1 atom stereocenters. The number of benzene rings is 2. The van der Waals surface area contributed by atoms with E-state index >= 15 is 0 Å². The second-order valence-corrected chi connectivity index (χ2v) is 9.01. The lowest BCUT2D eigenvalue weighted by Gasteiger charge is -2.11. The van der Waals surface area contributed by atoms with Gasteiger partial charge in [-0.15, -0.1) is 0 Å². The Kier molecular flexibility index (Phi) is 6.82. The highest BCUT2D eigenvalue weighted by Gasteiger charge is 2.26. The molecule has 8 heteroatoms. The number of carbonyl (C=O) groups excluding carboxylic acids is 1. The summed E-state index contributed by atoms with van der Waals surface area (Å²) in [5.41, 5.74) is 5.13. The van der Waals surface area contributed by atoms with Crippen molar-refractivity contribution in [1.29, 1.82) is 0 Å². The van der Waals surface area contributed by atoms with E-state index in [2.05, 4.69) is 20.1 Å². The maximum Gasteiger partial charge on any atom is 0.174 e. The van der Waals surface area contributed by atoms with Crippen molar-refractivity contribution in [3.05, 3.63) is 112 Å². The number of aryl methyl sites for hydroxylation is 2. The molecule has 0 spiro atoms. The third-order valence-corrected chi connectivity index (χ3v) is 6.19. The summed E-state index contributed by atoms with van der Waals surface area (Å²) in [6, 6.07) is 16.0. The minimum atomic E-state index is -0.349. The van der Waals surface area contributed by atoms with Gasteiger partial charge in [0.25, 0.3) is 0 Å². The first-order valence-electron chi connectivity index (χ1n) is 11.5. The van der Waals surface area contributed by atoms with E-state index in [0.717, 1.165) is 11.3 Å². The van der Waals surface area contributed by atoms with Crippen LogP contribution in [-0.4, -0.2) is 26.4 Å². The van der Waals surface area contributed by atoms with Crippen molar-refractivity contribution in [2.45, 2.75) is 32.3 Å². The first-order valence-corrected chi connectivity index (χ1v) is 11.9. The molecule has 1 aliphatic rings. The summed E-state index contributed by atoms with van der Waals surface area (Å²) >= 11 is 5.80. The monoisotopic (exact) mass is 500 g/mol. The largest absolute Gasteiger partial charge is 0.385 e. The van der Waals surface area contributed by atoms with Crippen LogP contribution in [0.25, 0.3) is 11.1 Å². The molecule has 6 nitrogen and oxygen atoms in total. The fourth-order valence-corrected chi connectivity index (χ4v) is 4.19. The van der Waals surface area contributed by atoms with Crippen LogP contribution in [0.3, 0.4) is 0 Å². The molecule has 2 aromatic carbocycles. The smallest absolute Gasteiger partial charge is 0.174 e. The second-order valence-electron chi connectivity index (χ2n) is 8.63. The van der Waals surface area contributed by atoms with Gasteiger partial charge in [0, 0.05) is 35.7 Å². The predicted molar refractivity (Wildman–Crippen MR) is 135 cm³/mol. The number of halogens is 2. The number of carbonyl (C=O) groups is 1. The summed E-state index contributed by atoms with van der Waals surface area (Å²) in [4.78, 5) is 31.4. The van der Waals surface area contributed by atoms with Gasteiger partial charge in [0.05, 0.1) is 29.5 Å². The topological polar surface area (TPSA) is 77.3 Å². The minimum Gasteiger partial charge on any atom is -0.385 e. The average molecular weight is 501 g/mol. The maximum atomic E-state index is 14.9. The normalized spacial score (nSPS) is 14.9. The molecule has 0 fully saturated rings. The SMILES string of the molecule is Cc1ccc(-c2cc(C(=O)CCc3cnc(Cl)cn3)cc(C3=NOC(c4ccccn4)C3)c2)c(F)c1. The van der Waals surface area contributed by atoms with Crippen LogP contribution in [-0.2, 0) is 11.3 Å². The van der Waals surface area contributed by atoms with Crippen molar-refractivity contribution < 1.29 is 14.0 Å². The molecule has 1 aliphatic heterocycles. The summed E-state index contributed by atoms with van der Waals surface area (Å²) in [5, 5.41) is 4.58. The fourth-order valence-electron chi connectivity index (χ4n) is 4.09. The first kappa shape index (κ1) is 23.8. The number of rotatable bonds is 7. The standard InChI is InChI=1S/C28H22ClFN4O2/c1-17-5-7-22(23(30)10-17)18-11-19(25-14-27(36-34-25)24-4-2-3-9-31-24)13-20(12-18)26(35)8-6-21-15-33-28(29)16-32-21/h2-5,7,9-13,15-16,27H,6,8,14H2,1H3. The van der Waals surface area contributed by atoms with Crippen molar-refractivity contribution in [2.24, 2.45) is 5.16 Å². The number of Topliss-reactive ketones (excluding diaryl/α,β-unsaturated/α-hetero) is 1. The molecule has 4 aromatic rings. The summed E-state index contributed by atoms with van der Waals surface area (Å²) in [6.07, 6.45) is 5.52. The molecule has 0 saturated heterocycles. The van der Waals surface area contributed by atoms with Gasteiger partial charge in [-0.25, -0.2) is 9.37 Å². The highest BCUT2D eigenvalue weighted by molar-refractivity contribution is 6.29. The van der Waals surface area contributed by atoms with E-state index in [-0.39, 0.29) is 24.1 Å². The van der Waals surface area contributed by atoms with Gasteiger partial charge in [0.15, 0.2) is 11.9 Å². The van der Waals surface area contributed by atoms with E-state index in [4.69, 9.17) is 16.4 Å². The number of aromatic nitrogens is 3. The summed E-state index contributed by atoms with van der Waals surface area (Å²) in [6.45, 7) is 1.83. The zero-order chi connectivity index (χ0) is 25.1. The maximum absolute atomic E-state index is 14.9. The van der Waals surface area contributed by atoms with Crippen LogP contribution < -0.4 is 0 Å². The number of hydrogen-bond acceptors (Lipinski definition) is 6. The van der Waals surface area contributed by atoms with Crippen LogP contribution in [0.1, 0.15) is 51.8 Å². The Morgan fingerprint density at radius 2 is 1.92 bits per heavy atom. The molecular weight excluding hydrogens is 479 g/mol. The lowest BCUT2D eigenvalue weighted by atomic mass is 9.92. The van der Waals surface area contributed by atoms with Gasteiger partial charge in [0.2, 0.25) is 0 Å². The molecule has 3 heterocycles. The van der Waals surface area contributed by atoms with Crippen molar-refractivity contribution in [3.8, 4) is 11.1 Å². The van der Waals surface area contributed by atoms with Crippen LogP contribution >= 0.6 is 11.6 Å². The molecule has 1 unspecified atom stereocenters. The highest BCUT2D eigenvalue weighted by Crippen LogP contribution is 2.32. The van der Waals surface area contributed by atoms with E-state index in [1.165, 1.54) is 12.3 Å². The van der Waals surface area contributed by atoms with Crippen molar-refractivity contribution in [1.82, 2.24) is 15.0 Å². The Morgan fingerprint density at radius 3 is 2.67 bits per heavy atom. The summed E-state index contributed by atoms with van der Waals surface area (Å²) in [7, 11) is 0. The lowest BCUT2D eigenvalue weighted by Crippen LogP contribution is -2.07. The van der Waals surface area contributed by atoms with Gasteiger partial charge < -0.3 is 4.84 Å². The van der Waals surface area contributed by atoms with E-state index in [0.29, 0.717) is 51.7 Å². The second kappa shape index (κ2) is 10.3. The molecule has 5 rings (SSSR count). The number of hydrogen-bond donors (Lipinski definition) is 0. The molecule has 0 bridgehead atoms.